The van der Waals surface area contributed by atoms with Crippen molar-refractivity contribution in [2.24, 2.45) is 5.92 Å². The third-order valence-corrected chi connectivity index (χ3v) is 5.33. The van der Waals surface area contributed by atoms with E-state index in [0.717, 1.165) is 0 Å². The fourth-order valence-electron chi connectivity index (χ4n) is 4.01. The first-order valence-electron chi connectivity index (χ1n) is 9.51. The molecule has 0 aromatic heterocycles. The molecule has 28 heavy (non-hydrogen) atoms. The Labute approximate surface area is 164 Å². The number of nitrogens with zero attached hydrogens (tertiary/aromatic N) is 2. The number of carboxylic acid groups (broad SMARTS) is 1. The highest BCUT2D eigenvalue weighted by Gasteiger charge is 2.43. The van der Waals surface area contributed by atoms with Crippen molar-refractivity contribution in [3.05, 3.63) is 24.3 Å². The molecule has 2 saturated heterocycles. The lowest BCUT2D eigenvalue weighted by molar-refractivity contribution is -0.141. The van der Waals surface area contributed by atoms with Crippen molar-refractivity contribution in [1.82, 2.24) is 4.90 Å². The van der Waals surface area contributed by atoms with Crippen molar-refractivity contribution in [1.29, 1.82) is 0 Å². The van der Waals surface area contributed by atoms with Gasteiger partial charge in [0.1, 0.15) is 5.75 Å². The molecule has 1 N–H and O–H groups in total. The van der Waals surface area contributed by atoms with Crippen LogP contribution in [0.1, 0.15) is 26.2 Å². The quantitative estimate of drug-likeness (QED) is 0.758. The standard InChI is InChI=1S/C20H26N2O6/c1-3-28-17-7-5-4-6-16(17)22-11-13(8-18(22)23)20(26)21-12-15(27-2)9-14(21)10-19(24)25/h4-7,13-15H,3,8-12H2,1-2H3,(H,24,25). The van der Waals surface area contributed by atoms with Crippen LogP contribution in [0.4, 0.5) is 5.69 Å². The molecule has 0 spiro atoms. The number of aliphatic carboxylic acids is 1. The maximum absolute atomic E-state index is 13.1. The second-order valence-electron chi connectivity index (χ2n) is 7.14. The van der Waals surface area contributed by atoms with Crippen molar-refractivity contribution in [3.63, 3.8) is 0 Å². The van der Waals surface area contributed by atoms with Gasteiger partial charge in [-0.15, -0.1) is 0 Å². The first-order valence-corrected chi connectivity index (χ1v) is 9.51. The molecule has 1 aromatic rings. The first-order chi connectivity index (χ1) is 13.4. The van der Waals surface area contributed by atoms with Crippen LogP contribution in [-0.2, 0) is 19.1 Å². The highest BCUT2D eigenvalue weighted by Crippen LogP contribution is 2.35. The minimum Gasteiger partial charge on any atom is -0.492 e. The van der Waals surface area contributed by atoms with Gasteiger partial charge in [-0.2, -0.15) is 0 Å². The van der Waals surface area contributed by atoms with E-state index < -0.39 is 17.9 Å². The van der Waals surface area contributed by atoms with Crippen molar-refractivity contribution in [2.75, 3.05) is 31.7 Å². The van der Waals surface area contributed by atoms with Crippen LogP contribution in [0.3, 0.4) is 0 Å². The maximum atomic E-state index is 13.1. The molecule has 2 aliphatic rings. The lowest BCUT2D eigenvalue weighted by Gasteiger charge is -2.26. The summed E-state index contributed by atoms with van der Waals surface area (Å²) in [5, 5.41) is 9.16. The van der Waals surface area contributed by atoms with E-state index in [1.54, 1.807) is 29.0 Å². The van der Waals surface area contributed by atoms with Crippen molar-refractivity contribution in [3.8, 4) is 5.75 Å². The number of methoxy groups -OCH3 is 1. The van der Waals surface area contributed by atoms with E-state index in [4.69, 9.17) is 14.6 Å². The smallest absolute Gasteiger partial charge is 0.305 e. The molecule has 0 saturated carbocycles. The molecule has 2 amide bonds. The van der Waals surface area contributed by atoms with Crippen LogP contribution in [0, 0.1) is 5.92 Å². The summed E-state index contributed by atoms with van der Waals surface area (Å²) in [6.45, 7) is 2.96. The van der Waals surface area contributed by atoms with Crippen molar-refractivity contribution < 1.29 is 29.0 Å². The van der Waals surface area contributed by atoms with Crippen molar-refractivity contribution >= 4 is 23.5 Å². The zero-order valence-electron chi connectivity index (χ0n) is 16.2. The number of amides is 2. The largest absolute Gasteiger partial charge is 0.492 e. The van der Waals surface area contributed by atoms with E-state index in [2.05, 4.69) is 0 Å². The second-order valence-corrected chi connectivity index (χ2v) is 7.14. The average Bonchev–Trinajstić information content (AvgIpc) is 3.25. The lowest BCUT2D eigenvalue weighted by atomic mass is 10.1. The lowest BCUT2D eigenvalue weighted by Crippen LogP contribution is -2.42. The normalized spacial score (nSPS) is 24.6. The fraction of sp³-hybridized carbons (Fsp3) is 0.550. The van der Waals surface area contributed by atoms with Gasteiger partial charge in [0.05, 0.1) is 30.7 Å². The van der Waals surface area contributed by atoms with E-state index in [0.29, 0.717) is 31.0 Å². The summed E-state index contributed by atoms with van der Waals surface area (Å²) in [5.41, 5.74) is 0.655. The number of hydrogen-bond donors (Lipinski definition) is 1. The van der Waals surface area contributed by atoms with Crippen LogP contribution in [0.5, 0.6) is 5.75 Å². The van der Waals surface area contributed by atoms with Crippen LogP contribution < -0.4 is 9.64 Å². The zero-order chi connectivity index (χ0) is 20.3. The third kappa shape index (κ3) is 4.11. The Hall–Kier alpha value is -2.61. The number of para-hydroxylation sites is 2. The van der Waals surface area contributed by atoms with Gasteiger partial charge in [-0.3, -0.25) is 14.4 Å². The van der Waals surface area contributed by atoms with Crippen LogP contribution in [0.25, 0.3) is 0 Å². The molecule has 0 radical (unpaired) electrons. The summed E-state index contributed by atoms with van der Waals surface area (Å²) in [7, 11) is 1.56. The Morgan fingerprint density at radius 3 is 2.68 bits per heavy atom. The summed E-state index contributed by atoms with van der Waals surface area (Å²) >= 11 is 0. The van der Waals surface area contributed by atoms with E-state index in [1.165, 1.54) is 0 Å². The number of ether oxygens (including phenoxy) is 2. The summed E-state index contributed by atoms with van der Waals surface area (Å²) in [6, 6.07) is 6.86. The Morgan fingerprint density at radius 2 is 2.00 bits per heavy atom. The summed E-state index contributed by atoms with van der Waals surface area (Å²) < 4.78 is 11.0. The summed E-state index contributed by atoms with van der Waals surface area (Å²) in [6.07, 6.45) is 0.294. The molecule has 0 aliphatic carbocycles. The SMILES string of the molecule is CCOc1ccccc1N1CC(C(=O)N2CC(OC)CC2CC(=O)O)CC1=O. The average molecular weight is 390 g/mol. The van der Waals surface area contributed by atoms with Gasteiger partial charge in [0.2, 0.25) is 11.8 Å². The number of likely N-dealkylation sites (tertiary alicyclic amines) is 1. The molecule has 8 nitrogen and oxygen atoms in total. The number of carbonyl (C=O) groups excluding carboxylic acids is 2. The minimum atomic E-state index is -0.950. The second kappa shape index (κ2) is 8.60. The van der Waals surface area contributed by atoms with Crippen LogP contribution in [0.15, 0.2) is 24.3 Å². The summed E-state index contributed by atoms with van der Waals surface area (Å²) in [5.74, 6) is -1.17. The highest BCUT2D eigenvalue weighted by atomic mass is 16.5. The molecule has 0 bridgehead atoms. The molecule has 2 heterocycles. The van der Waals surface area contributed by atoms with Crippen molar-refractivity contribution in [2.45, 2.75) is 38.3 Å². The first kappa shape index (κ1) is 20.1. The van der Waals surface area contributed by atoms with Gasteiger partial charge in [-0.05, 0) is 25.5 Å². The van der Waals surface area contributed by atoms with E-state index in [9.17, 15) is 14.4 Å². The number of hydrogen-bond acceptors (Lipinski definition) is 5. The van der Waals surface area contributed by atoms with Crippen LogP contribution >= 0.6 is 0 Å². The molecule has 2 fully saturated rings. The number of carboxylic acids is 1. The van der Waals surface area contributed by atoms with Gasteiger partial charge < -0.3 is 24.4 Å². The molecule has 3 unspecified atom stereocenters. The maximum Gasteiger partial charge on any atom is 0.305 e. The van der Waals surface area contributed by atoms with Crippen LogP contribution in [-0.4, -0.2) is 66.7 Å². The molecule has 2 aliphatic heterocycles. The Balaban J connectivity index is 1.75. The predicted molar refractivity (Wildman–Crippen MR) is 101 cm³/mol. The molecular formula is C20H26N2O6. The molecule has 3 atom stereocenters. The monoisotopic (exact) mass is 390 g/mol. The van der Waals surface area contributed by atoms with Gasteiger partial charge in [-0.25, -0.2) is 0 Å². The molecular weight excluding hydrogens is 364 g/mol. The Bertz CT molecular complexity index is 752. The van der Waals surface area contributed by atoms with Crippen LogP contribution in [0.2, 0.25) is 0 Å². The van der Waals surface area contributed by atoms with Gasteiger partial charge in [-0.1, -0.05) is 12.1 Å². The van der Waals surface area contributed by atoms with Gasteiger partial charge in [0, 0.05) is 32.7 Å². The zero-order valence-corrected chi connectivity index (χ0v) is 16.2. The molecule has 1 aromatic carbocycles. The van der Waals surface area contributed by atoms with E-state index in [-0.39, 0.29) is 37.3 Å². The minimum absolute atomic E-state index is 0.104. The van der Waals surface area contributed by atoms with E-state index >= 15 is 0 Å². The predicted octanol–water partition coefficient (Wildman–Crippen LogP) is 1.53. The fourth-order valence-corrected chi connectivity index (χ4v) is 4.01. The Kier molecular flexibility index (Phi) is 6.18. The molecule has 152 valence electrons. The van der Waals surface area contributed by atoms with E-state index in [1.807, 2.05) is 19.1 Å². The topological polar surface area (TPSA) is 96.4 Å². The van der Waals surface area contributed by atoms with Gasteiger partial charge >= 0.3 is 5.97 Å². The molecule has 3 rings (SSSR count). The molecule has 8 heteroatoms. The Morgan fingerprint density at radius 1 is 1.25 bits per heavy atom. The number of rotatable bonds is 7. The third-order valence-electron chi connectivity index (χ3n) is 5.33. The number of carbonyl (C=O) groups is 3. The van der Waals surface area contributed by atoms with Gasteiger partial charge in [0.15, 0.2) is 0 Å². The highest BCUT2D eigenvalue weighted by molar-refractivity contribution is 6.01. The summed E-state index contributed by atoms with van der Waals surface area (Å²) in [4.78, 5) is 40.1. The van der Waals surface area contributed by atoms with Gasteiger partial charge in [0.25, 0.3) is 0 Å². The number of anilines is 1. The number of benzene rings is 1.